The van der Waals surface area contributed by atoms with Crippen molar-refractivity contribution in [2.75, 3.05) is 25.5 Å². The highest BCUT2D eigenvalue weighted by Gasteiger charge is 2.36. The van der Waals surface area contributed by atoms with Gasteiger partial charge >= 0.3 is 6.03 Å². The molecule has 4 N–H and O–H groups in total. The highest BCUT2D eigenvalue weighted by Crippen LogP contribution is 2.44. The Morgan fingerprint density at radius 1 is 1.18 bits per heavy atom. The number of nitrogens with one attached hydrogen (secondary N) is 2. The summed E-state index contributed by atoms with van der Waals surface area (Å²) in [5, 5.41) is 11.9. The van der Waals surface area contributed by atoms with E-state index < -0.39 is 15.9 Å². The minimum absolute atomic E-state index is 0.0102. The van der Waals surface area contributed by atoms with Gasteiger partial charge < -0.3 is 15.5 Å². The first-order valence-corrected chi connectivity index (χ1v) is 15.5. The van der Waals surface area contributed by atoms with E-state index in [0.717, 1.165) is 65.9 Å². The molecular weight excluding hydrogens is 528 g/mol. The van der Waals surface area contributed by atoms with Gasteiger partial charge in [-0.25, -0.2) is 14.1 Å². The molecule has 40 heavy (non-hydrogen) atoms. The van der Waals surface area contributed by atoms with Crippen LogP contribution in [0.2, 0.25) is 0 Å². The number of pyridine rings is 1. The van der Waals surface area contributed by atoms with E-state index in [0.29, 0.717) is 25.9 Å². The molecule has 3 aliphatic rings. The van der Waals surface area contributed by atoms with E-state index in [4.69, 9.17) is 10.1 Å². The SMILES string of the molecule is CN1CCC(C(=O)NCCc2ccc(S(N)(=O)=NC(=O)Nc3c4c(nc5c3CCC5(C)C)CCC4)cc2)CC1=O. The van der Waals surface area contributed by atoms with Crippen LogP contribution in [0.1, 0.15) is 67.6 Å². The van der Waals surface area contributed by atoms with E-state index in [9.17, 15) is 18.6 Å². The maximum Gasteiger partial charge on any atom is 0.354 e. The fourth-order valence-electron chi connectivity index (χ4n) is 5.93. The lowest BCUT2D eigenvalue weighted by Gasteiger charge is -2.27. The molecule has 2 atom stereocenters. The van der Waals surface area contributed by atoms with Crippen molar-refractivity contribution in [3.63, 3.8) is 0 Å². The zero-order chi connectivity index (χ0) is 28.7. The smallest absolute Gasteiger partial charge is 0.354 e. The molecule has 1 aromatic heterocycles. The van der Waals surface area contributed by atoms with Gasteiger partial charge in [0.1, 0.15) is 9.92 Å². The maximum absolute atomic E-state index is 13.2. The van der Waals surface area contributed by atoms with Crippen LogP contribution in [0.4, 0.5) is 10.5 Å². The fourth-order valence-corrected chi connectivity index (χ4v) is 6.85. The lowest BCUT2D eigenvalue weighted by Crippen LogP contribution is -2.42. The summed E-state index contributed by atoms with van der Waals surface area (Å²) in [6.07, 6.45) is 5.98. The molecule has 214 valence electrons. The van der Waals surface area contributed by atoms with E-state index in [1.54, 1.807) is 36.2 Å². The summed E-state index contributed by atoms with van der Waals surface area (Å²) >= 11 is 0. The number of nitrogens with zero attached hydrogens (tertiary/aromatic N) is 3. The highest BCUT2D eigenvalue weighted by atomic mass is 32.2. The minimum Gasteiger partial charge on any atom is -0.356 e. The number of carbonyl (C=O) groups excluding carboxylic acids is 3. The van der Waals surface area contributed by atoms with E-state index in [1.807, 2.05) is 0 Å². The van der Waals surface area contributed by atoms with Crippen molar-refractivity contribution >= 4 is 33.4 Å². The first kappa shape index (κ1) is 28.2. The Balaban J connectivity index is 1.22. The molecule has 10 nitrogen and oxygen atoms in total. The van der Waals surface area contributed by atoms with Gasteiger partial charge in [-0.3, -0.25) is 14.6 Å². The Kier molecular flexibility index (Phi) is 7.71. The van der Waals surface area contributed by atoms with Gasteiger partial charge in [-0.05, 0) is 73.8 Å². The Labute approximate surface area is 235 Å². The zero-order valence-electron chi connectivity index (χ0n) is 23.4. The third kappa shape index (κ3) is 5.76. The predicted octanol–water partition coefficient (Wildman–Crippen LogP) is 3.25. The van der Waals surface area contributed by atoms with Crippen molar-refractivity contribution in [3.05, 3.63) is 52.3 Å². The number of aromatic nitrogens is 1. The Morgan fingerprint density at radius 2 is 1.93 bits per heavy atom. The molecule has 0 saturated carbocycles. The normalized spacial score (nSPS) is 20.9. The second-order valence-corrected chi connectivity index (χ2v) is 13.5. The largest absolute Gasteiger partial charge is 0.356 e. The van der Waals surface area contributed by atoms with E-state index in [1.165, 1.54) is 0 Å². The Hall–Kier alpha value is -3.31. The van der Waals surface area contributed by atoms with Crippen molar-refractivity contribution in [1.82, 2.24) is 15.2 Å². The summed E-state index contributed by atoms with van der Waals surface area (Å²) < 4.78 is 17.1. The number of aryl methyl sites for hydroxylation is 1. The second-order valence-electron chi connectivity index (χ2n) is 11.8. The number of nitrogens with two attached hydrogens (primary N) is 1. The quantitative estimate of drug-likeness (QED) is 0.491. The molecule has 1 saturated heterocycles. The molecule has 0 radical (unpaired) electrons. The van der Waals surface area contributed by atoms with E-state index in [-0.39, 0.29) is 34.5 Å². The molecule has 1 fully saturated rings. The van der Waals surface area contributed by atoms with Crippen LogP contribution in [-0.4, -0.2) is 52.1 Å². The summed E-state index contributed by atoms with van der Waals surface area (Å²) in [4.78, 5) is 44.1. The molecule has 2 heterocycles. The van der Waals surface area contributed by atoms with Gasteiger partial charge in [-0.2, -0.15) is 0 Å². The van der Waals surface area contributed by atoms with Crippen LogP contribution < -0.4 is 15.8 Å². The van der Waals surface area contributed by atoms with E-state index >= 15 is 0 Å². The fraction of sp³-hybridized carbons (Fsp3) is 0.517. The number of benzene rings is 1. The van der Waals surface area contributed by atoms with Gasteiger partial charge in [0.2, 0.25) is 11.8 Å². The lowest BCUT2D eigenvalue weighted by molar-refractivity contribution is -0.139. The van der Waals surface area contributed by atoms with Gasteiger partial charge in [0.05, 0.1) is 16.3 Å². The van der Waals surface area contributed by atoms with Crippen LogP contribution in [0.3, 0.4) is 0 Å². The third-order valence-corrected chi connectivity index (χ3v) is 9.81. The van der Waals surface area contributed by atoms with Crippen molar-refractivity contribution in [3.8, 4) is 0 Å². The summed E-state index contributed by atoms with van der Waals surface area (Å²) in [6.45, 7) is 5.35. The molecule has 2 aliphatic carbocycles. The Bertz CT molecular complexity index is 1480. The average molecular weight is 567 g/mol. The average Bonchev–Trinajstić information content (AvgIpc) is 3.50. The first-order chi connectivity index (χ1) is 18.9. The highest BCUT2D eigenvalue weighted by molar-refractivity contribution is 7.91. The number of hydrogen-bond donors (Lipinski definition) is 3. The van der Waals surface area contributed by atoms with Gasteiger partial charge in [0.25, 0.3) is 0 Å². The predicted molar refractivity (Wildman–Crippen MR) is 153 cm³/mol. The topological polar surface area (TPSA) is 147 Å². The Morgan fingerprint density at radius 3 is 2.65 bits per heavy atom. The molecule has 2 unspecified atom stereocenters. The molecule has 1 aromatic carbocycles. The van der Waals surface area contributed by atoms with Gasteiger partial charge in [0, 0.05) is 43.6 Å². The van der Waals surface area contributed by atoms with Crippen LogP contribution in [0.5, 0.6) is 0 Å². The number of rotatable bonds is 6. The van der Waals surface area contributed by atoms with Crippen molar-refractivity contribution in [2.45, 2.75) is 75.5 Å². The van der Waals surface area contributed by atoms with Crippen molar-refractivity contribution in [1.29, 1.82) is 0 Å². The third-order valence-electron chi connectivity index (χ3n) is 8.42. The number of fused-ring (bicyclic) bond motifs is 2. The number of piperidine rings is 1. The molecular formula is C29H38N6O4S. The molecule has 1 aliphatic heterocycles. The van der Waals surface area contributed by atoms with Crippen LogP contribution in [0.25, 0.3) is 0 Å². The molecule has 0 spiro atoms. The number of anilines is 1. The molecule has 2 aromatic rings. The standard InChI is InChI=1S/C29H38N6O4S/c1-29(2)14-11-22-25(21-5-4-6-23(21)32-26(22)29)33-28(38)34-40(30,39)20-9-7-18(8-10-20)12-15-31-27(37)19-13-16-35(3)24(36)17-19/h7-10,19H,4-6,11-17H2,1-3H3,(H,31,37)(H3,30,32,33,34,38,39). The second kappa shape index (κ2) is 10.9. The van der Waals surface area contributed by atoms with Crippen LogP contribution >= 0.6 is 0 Å². The summed E-state index contributed by atoms with van der Waals surface area (Å²) in [7, 11) is -1.72. The number of urea groups is 1. The summed E-state index contributed by atoms with van der Waals surface area (Å²) in [5.41, 5.74) is 5.80. The minimum atomic E-state index is -3.46. The van der Waals surface area contributed by atoms with Crippen LogP contribution in [0.15, 0.2) is 33.5 Å². The lowest BCUT2D eigenvalue weighted by atomic mass is 9.90. The summed E-state index contributed by atoms with van der Waals surface area (Å²) in [6, 6.07) is 6.03. The number of hydrogen-bond acceptors (Lipinski definition) is 5. The molecule has 4 amide bonds. The maximum atomic E-state index is 13.2. The first-order valence-electron chi connectivity index (χ1n) is 14.0. The molecule has 0 bridgehead atoms. The van der Waals surface area contributed by atoms with Gasteiger partial charge in [0.15, 0.2) is 0 Å². The number of amides is 4. The van der Waals surface area contributed by atoms with Crippen LogP contribution in [-0.2, 0) is 50.6 Å². The van der Waals surface area contributed by atoms with Crippen LogP contribution in [0, 0.1) is 5.92 Å². The van der Waals surface area contributed by atoms with Gasteiger partial charge in [-0.15, -0.1) is 4.36 Å². The zero-order valence-corrected chi connectivity index (χ0v) is 24.2. The monoisotopic (exact) mass is 566 g/mol. The number of carbonyl (C=O) groups is 3. The molecule has 11 heteroatoms. The van der Waals surface area contributed by atoms with Crippen molar-refractivity contribution < 1.29 is 18.6 Å². The van der Waals surface area contributed by atoms with Crippen molar-refractivity contribution in [2.24, 2.45) is 15.4 Å². The number of likely N-dealkylation sites (tertiary alicyclic amines) is 1. The molecule has 5 rings (SSSR count). The van der Waals surface area contributed by atoms with E-state index in [2.05, 4.69) is 28.8 Å². The van der Waals surface area contributed by atoms with Gasteiger partial charge in [-0.1, -0.05) is 26.0 Å². The summed E-state index contributed by atoms with van der Waals surface area (Å²) in [5.74, 6) is -0.410.